The Morgan fingerprint density at radius 3 is 2.48 bits per heavy atom. The minimum absolute atomic E-state index is 0.426. The van der Waals surface area contributed by atoms with Crippen LogP contribution in [0.3, 0.4) is 0 Å². The summed E-state index contributed by atoms with van der Waals surface area (Å²) in [4.78, 5) is 23.7. The van der Waals surface area contributed by atoms with Crippen molar-refractivity contribution in [2.75, 3.05) is 26.1 Å². The first-order chi connectivity index (χ1) is 13.0. The molecule has 0 saturated heterocycles. The Hall–Kier alpha value is -3.79. The van der Waals surface area contributed by atoms with Gasteiger partial charge in [-0.05, 0) is 35.9 Å². The number of nitrogens with zero attached hydrogens (tertiary/aromatic N) is 1. The van der Waals surface area contributed by atoms with Crippen molar-refractivity contribution in [2.45, 2.75) is 0 Å². The van der Waals surface area contributed by atoms with Gasteiger partial charge in [0.25, 0.3) is 5.91 Å². The minimum Gasteiger partial charge on any atom is -0.497 e. The van der Waals surface area contributed by atoms with Crippen LogP contribution in [-0.2, 0) is 14.3 Å². The van der Waals surface area contributed by atoms with Gasteiger partial charge in [-0.1, -0.05) is 12.1 Å². The zero-order valence-corrected chi connectivity index (χ0v) is 14.9. The lowest BCUT2D eigenvalue weighted by Crippen LogP contribution is -2.20. The zero-order chi connectivity index (χ0) is 19.6. The maximum atomic E-state index is 12.0. The standard InChI is InChI=1S/C20H18N2O5/c1-25-16-8-9-17(18(11-16)26-2)22-19(23)13-27-20(24)10-7-14-3-5-15(12-21)6-4-14/h3-11H,13H2,1-2H3,(H,22,23)/b10-7+. The van der Waals surface area contributed by atoms with Gasteiger partial charge in [-0.2, -0.15) is 5.26 Å². The Morgan fingerprint density at radius 2 is 1.85 bits per heavy atom. The molecule has 1 amide bonds. The molecule has 0 bridgehead atoms. The molecule has 0 aliphatic carbocycles. The van der Waals surface area contributed by atoms with Crippen LogP contribution in [0.25, 0.3) is 6.08 Å². The van der Waals surface area contributed by atoms with Crippen LogP contribution in [0.5, 0.6) is 11.5 Å². The van der Waals surface area contributed by atoms with E-state index in [1.54, 1.807) is 42.5 Å². The number of methoxy groups -OCH3 is 2. The Labute approximate surface area is 156 Å². The van der Waals surface area contributed by atoms with Crippen molar-refractivity contribution >= 4 is 23.6 Å². The van der Waals surface area contributed by atoms with Crippen LogP contribution < -0.4 is 14.8 Å². The van der Waals surface area contributed by atoms with Gasteiger partial charge in [-0.25, -0.2) is 4.79 Å². The molecule has 2 aromatic rings. The second kappa shape index (κ2) is 9.63. The van der Waals surface area contributed by atoms with Gasteiger partial charge in [0.2, 0.25) is 0 Å². The highest BCUT2D eigenvalue weighted by Gasteiger charge is 2.10. The van der Waals surface area contributed by atoms with Crippen LogP contribution in [0, 0.1) is 11.3 Å². The van der Waals surface area contributed by atoms with E-state index < -0.39 is 18.5 Å². The highest BCUT2D eigenvalue weighted by Crippen LogP contribution is 2.28. The molecule has 27 heavy (non-hydrogen) atoms. The third-order valence-corrected chi connectivity index (χ3v) is 3.48. The van der Waals surface area contributed by atoms with Gasteiger partial charge in [0.1, 0.15) is 11.5 Å². The molecule has 0 aromatic heterocycles. The molecule has 0 saturated carbocycles. The van der Waals surface area contributed by atoms with Gasteiger partial charge in [0.05, 0.1) is 31.5 Å². The van der Waals surface area contributed by atoms with Gasteiger partial charge in [-0.15, -0.1) is 0 Å². The van der Waals surface area contributed by atoms with E-state index in [0.717, 1.165) is 5.56 Å². The molecule has 0 aliphatic rings. The predicted molar refractivity (Wildman–Crippen MR) is 99.3 cm³/mol. The number of anilines is 1. The first kappa shape index (κ1) is 19.5. The van der Waals surface area contributed by atoms with Crippen LogP contribution in [-0.4, -0.2) is 32.7 Å². The maximum absolute atomic E-state index is 12.0. The summed E-state index contributed by atoms with van der Waals surface area (Å²) < 4.78 is 15.2. The fourth-order valence-electron chi connectivity index (χ4n) is 2.11. The first-order valence-corrected chi connectivity index (χ1v) is 7.92. The smallest absolute Gasteiger partial charge is 0.331 e. The second-order valence-corrected chi connectivity index (χ2v) is 5.29. The lowest BCUT2D eigenvalue weighted by atomic mass is 10.1. The van der Waals surface area contributed by atoms with E-state index in [1.807, 2.05) is 6.07 Å². The third kappa shape index (κ3) is 5.90. The predicted octanol–water partition coefficient (Wildman–Crippen LogP) is 2.77. The number of hydrogen-bond acceptors (Lipinski definition) is 6. The van der Waals surface area contributed by atoms with E-state index in [0.29, 0.717) is 22.7 Å². The molecule has 0 fully saturated rings. The topological polar surface area (TPSA) is 97.6 Å². The van der Waals surface area contributed by atoms with Crippen LogP contribution >= 0.6 is 0 Å². The van der Waals surface area contributed by atoms with E-state index in [9.17, 15) is 9.59 Å². The fourth-order valence-corrected chi connectivity index (χ4v) is 2.11. The monoisotopic (exact) mass is 366 g/mol. The largest absolute Gasteiger partial charge is 0.497 e. The third-order valence-electron chi connectivity index (χ3n) is 3.48. The van der Waals surface area contributed by atoms with Crippen molar-refractivity contribution in [1.29, 1.82) is 5.26 Å². The lowest BCUT2D eigenvalue weighted by molar-refractivity contribution is -0.142. The molecule has 0 atom stereocenters. The number of nitriles is 1. The quantitative estimate of drug-likeness (QED) is 0.598. The molecule has 1 N–H and O–H groups in total. The molecular formula is C20H18N2O5. The fraction of sp³-hybridized carbons (Fsp3) is 0.150. The van der Waals surface area contributed by atoms with E-state index in [2.05, 4.69) is 5.32 Å². The molecule has 0 unspecified atom stereocenters. The summed E-state index contributed by atoms with van der Waals surface area (Å²) in [5.41, 5.74) is 1.70. The first-order valence-electron chi connectivity index (χ1n) is 7.92. The summed E-state index contributed by atoms with van der Waals surface area (Å²) in [7, 11) is 3.00. The summed E-state index contributed by atoms with van der Waals surface area (Å²) in [6, 6.07) is 13.6. The number of carbonyl (C=O) groups excluding carboxylic acids is 2. The van der Waals surface area contributed by atoms with Gasteiger partial charge < -0.3 is 19.5 Å². The summed E-state index contributed by atoms with van der Waals surface area (Å²) in [6.07, 6.45) is 2.75. The molecule has 2 aromatic carbocycles. The second-order valence-electron chi connectivity index (χ2n) is 5.29. The summed E-state index contributed by atoms with van der Waals surface area (Å²) in [5, 5.41) is 11.3. The van der Waals surface area contributed by atoms with Crippen molar-refractivity contribution in [2.24, 2.45) is 0 Å². The Balaban J connectivity index is 1.86. The van der Waals surface area contributed by atoms with Crippen LogP contribution in [0.2, 0.25) is 0 Å². The van der Waals surface area contributed by atoms with E-state index in [1.165, 1.54) is 26.4 Å². The Kier molecular flexibility index (Phi) is 6.97. The number of nitrogens with one attached hydrogen (secondary N) is 1. The molecule has 2 rings (SSSR count). The molecule has 0 aliphatic heterocycles. The minimum atomic E-state index is -0.656. The van der Waals surface area contributed by atoms with Crippen molar-refractivity contribution < 1.29 is 23.8 Å². The van der Waals surface area contributed by atoms with Crippen molar-refractivity contribution in [3.05, 3.63) is 59.7 Å². The number of amides is 1. The highest BCUT2D eigenvalue weighted by atomic mass is 16.5. The number of ether oxygens (including phenoxy) is 3. The average molecular weight is 366 g/mol. The SMILES string of the molecule is COc1ccc(NC(=O)COC(=O)/C=C/c2ccc(C#N)cc2)c(OC)c1. The van der Waals surface area contributed by atoms with Crippen LogP contribution in [0.4, 0.5) is 5.69 Å². The van der Waals surface area contributed by atoms with E-state index in [-0.39, 0.29) is 0 Å². The zero-order valence-electron chi connectivity index (χ0n) is 14.9. The summed E-state index contributed by atoms with van der Waals surface area (Å²) in [5.74, 6) is -0.145. The molecule has 138 valence electrons. The molecule has 7 heteroatoms. The Bertz CT molecular complexity index is 882. The van der Waals surface area contributed by atoms with Gasteiger partial charge in [-0.3, -0.25) is 4.79 Å². The van der Waals surface area contributed by atoms with Crippen molar-refractivity contribution in [3.8, 4) is 17.6 Å². The summed E-state index contributed by atoms with van der Waals surface area (Å²) >= 11 is 0. The van der Waals surface area contributed by atoms with Crippen LogP contribution in [0.1, 0.15) is 11.1 Å². The number of benzene rings is 2. The van der Waals surface area contributed by atoms with Gasteiger partial charge in [0, 0.05) is 12.1 Å². The van der Waals surface area contributed by atoms with Crippen molar-refractivity contribution in [3.63, 3.8) is 0 Å². The number of hydrogen-bond donors (Lipinski definition) is 1. The Morgan fingerprint density at radius 1 is 1.11 bits per heavy atom. The molecular weight excluding hydrogens is 348 g/mol. The molecule has 0 spiro atoms. The lowest BCUT2D eigenvalue weighted by Gasteiger charge is -2.11. The molecule has 0 radical (unpaired) electrons. The van der Waals surface area contributed by atoms with Crippen LogP contribution in [0.15, 0.2) is 48.5 Å². The van der Waals surface area contributed by atoms with Gasteiger partial charge in [0.15, 0.2) is 6.61 Å². The maximum Gasteiger partial charge on any atom is 0.331 e. The highest BCUT2D eigenvalue weighted by molar-refractivity contribution is 5.95. The van der Waals surface area contributed by atoms with Gasteiger partial charge >= 0.3 is 5.97 Å². The number of esters is 1. The molecule has 0 heterocycles. The number of carbonyl (C=O) groups is 2. The summed E-state index contributed by atoms with van der Waals surface area (Å²) in [6.45, 7) is -0.439. The van der Waals surface area contributed by atoms with E-state index in [4.69, 9.17) is 19.5 Å². The number of rotatable bonds is 7. The van der Waals surface area contributed by atoms with Crippen molar-refractivity contribution in [1.82, 2.24) is 0 Å². The average Bonchev–Trinajstić information content (AvgIpc) is 2.71. The normalized spacial score (nSPS) is 10.1. The van der Waals surface area contributed by atoms with E-state index >= 15 is 0 Å². The molecule has 7 nitrogen and oxygen atoms in total.